The van der Waals surface area contributed by atoms with E-state index in [4.69, 9.17) is 5.73 Å². The second-order valence-electron chi connectivity index (χ2n) is 6.57. The Bertz CT molecular complexity index is 391. The summed E-state index contributed by atoms with van der Waals surface area (Å²) in [5, 5.41) is 2.93. The predicted molar refractivity (Wildman–Crippen MR) is 75.7 cm³/mol. The van der Waals surface area contributed by atoms with E-state index < -0.39 is 0 Å². The monoisotopic (exact) mass is 279 g/mol. The molecule has 1 aliphatic heterocycles. The van der Waals surface area contributed by atoms with Gasteiger partial charge in [-0.2, -0.15) is 0 Å². The molecule has 5 nitrogen and oxygen atoms in total. The van der Waals surface area contributed by atoms with Crippen LogP contribution in [0, 0.1) is 17.8 Å². The van der Waals surface area contributed by atoms with Crippen molar-refractivity contribution in [1.29, 1.82) is 0 Å². The Labute approximate surface area is 120 Å². The molecule has 4 unspecified atom stereocenters. The van der Waals surface area contributed by atoms with Crippen molar-refractivity contribution in [2.24, 2.45) is 23.5 Å². The Morgan fingerprint density at radius 3 is 2.50 bits per heavy atom. The summed E-state index contributed by atoms with van der Waals surface area (Å²) < 4.78 is 0. The zero-order valence-electron chi connectivity index (χ0n) is 12.0. The average molecular weight is 279 g/mol. The molecule has 3 N–H and O–H groups in total. The Morgan fingerprint density at radius 2 is 1.85 bits per heavy atom. The SMILES string of the molecule is NC1C2CCC(C2)C1C(=O)NCCC(=O)N1CCCC1. The lowest BCUT2D eigenvalue weighted by Gasteiger charge is -2.27. The topological polar surface area (TPSA) is 75.4 Å². The number of carbonyl (C=O) groups is 2. The fourth-order valence-electron chi connectivity index (χ4n) is 4.26. The molecule has 4 atom stereocenters. The van der Waals surface area contributed by atoms with Crippen LogP contribution < -0.4 is 11.1 Å². The number of likely N-dealkylation sites (tertiary alicyclic amines) is 1. The van der Waals surface area contributed by atoms with E-state index >= 15 is 0 Å². The molecule has 1 heterocycles. The van der Waals surface area contributed by atoms with Crippen LogP contribution in [0.1, 0.15) is 38.5 Å². The molecule has 0 aromatic rings. The molecule has 2 aliphatic carbocycles. The molecule has 1 saturated heterocycles. The van der Waals surface area contributed by atoms with Gasteiger partial charge in [-0.25, -0.2) is 0 Å². The molecule has 0 aromatic carbocycles. The first-order chi connectivity index (χ1) is 9.66. The summed E-state index contributed by atoms with van der Waals surface area (Å²) in [7, 11) is 0. The third-order valence-electron chi connectivity index (χ3n) is 5.38. The maximum Gasteiger partial charge on any atom is 0.224 e. The van der Waals surface area contributed by atoms with Gasteiger partial charge in [-0.05, 0) is 43.9 Å². The van der Waals surface area contributed by atoms with E-state index in [0.717, 1.165) is 38.8 Å². The van der Waals surface area contributed by atoms with Crippen LogP contribution in [0.25, 0.3) is 0 Å². The Kier molecular flexibility index (Phi) is 3.96. The van der Waals surface area contributed by atoms with Gasteiger partial charge in [0.15, 0.2) is 0 Å². The molecule has 0 aromatic heterocycles. The summed E-state index contributed by atoms with van der Waals surface area (Å²) in [5.41, 5.74) is 6.16. The molecule has 112 valence electrons. The molecule has 0 radical (unpaired) electrons. The van der Waals surface area contributed by atoms with E-state index in [1.807, 2.05) is 4.90 Å². The summed E-state index contributed by atoms with van der Waals surface area (Å²) >= 11 is 0. The second-order valence-corrected chi connectivity index (χ2v) is 6.57. The van der Waals surface area contributed by atoms with E-state index in [1.165, 1.54) is 6.42 Å². The van der Waals surface area contributed by atoms with Gasteiger partial charge in [-0.1, -0.05) is 0 Å². The number of fused-ring (bicyclic) bond motifs is 2. The minimum Gasteiger partial charge on any atom is -0.355 e. The van der Waals surface area contributed by atoms with Crippen LogP contribution in [0.4, 0.5) is 0 Å². The van der Waals surface area contributed by atoms with Gasteiger partial charge >= 0.3 is 0 Å². The van der Waals surface area contributed by atoms with Crippen molar-refractivity contribution >= 4 is 11.8 Å². The lowest BCUT2D eigenvalue weighted by Crippen LogP contribution is -2.46. The van der Waals surface area contributed by atoms with Gasteiger partial charge in [0.2, 0.25) is 11.8 Å². The molecule has 3 fully saturated rings. The lowest BCUT2D eigenvalue weighted by molar-refractivity contribution is -0.130. The molecule has 2 saturated carbocycles. The van der Waals surface area contributed by atoms with Crippen molar-refractivity contribution in [3.8, 4) is 0 Å². The predicted octanol–water partition coefficient (Wildman–Crippen LogP) is 0.488. The van der Waals surface area contributed by atoms with E-state index in [0.29, 0.717) is 24.8 Å². The number of carbonyl (C=O) groups excluding carboxylic acids is 2. The molecule has 0 spiro atoms. The van der Waals surface area contributed by atoms with Gasteiger partial charge < -0.3 is 16.0 Å². The van der Waals surface area contributed by atoms with Crippen molar-refractivity contribution in [3.63, 3.8) is 0 Å². The summed E-state index contributed by atoms with van der Waals surface area (Å²) in [6.45, 7) is 2.21. The van der Waals surface area contributed by atoms with Crippen LogP contribution >= 0.6 is 0 Å². The Morgan fingerprint density at radius 1 is 1.15 bits per heavy atom. The maximum absolute atomic E-state index is 12.2. The van der Waals surface area contributed by atoms with Crippen molar-refractivity contribution in [2.45, 2.75) is 44.6 Å². The van der Waals surface area contributed by atoms with Gasteiger partial charge in [-0.15, -0.1) is 0 Å². The second kappa shape index (κ2) is 5.72. The van der Waals surface area contributed by atoms with Crippen molar-refractivity contribution in [3.05, 3.63) is 0 Å². The summed E-state index contributed by atoms with van der Waals surface area (Å²) in [6, 6.07) is 0.0306. The number of rotatable bonds is 4. The van der Waals surface area contributed by atoms with Crippen LogP contribution in [0.5, 0.6) is 0 Å². The van der Waals surface area contributed by atoms with E-state index in [-0.39, 0.29) is 23.8 Å². The van der Waals surface area contributed by atoms with Gasteiger partial charge in [-0.3, -0.25) is 9.59 Å². The Hall–Kier alpha value is -1.10. The zero-order valence-corrected chi connectivity index (χ0v) is 12.0. The van der Waals surface area contributed by atoms with E-state index in [1.54, 1.807) is 0 Å². The smallest absolute Gasteiger partial charge is 0.224 e. The molecule has 2 amide bonds. The Balaban J connectivity index is 1.42. The molecule has 20 heavy (non-hydrogen) atoms. The van der Waals surface area contributed by atoms with Crippen molar-refractivity contribution in [2.75, 3.05) is 19.6 Å². The highest BCUT2D eigenvalue weighted by Crippen LogP contribution is 2.47. The summed E-state index contributed by atoms with van der Waals surface area (Å²) in [6.07, 6.45) is 6.08. The summed E-state index contributed by atoms with van der Waals surface area (Å²) in [4.78, 5) is 26.0. The highest BCUT2D eigenvalue weighted by atomic mass is 16.2. The van der Waals surface area contributed by atoms with Gasteiger partial charge in [0, 0.05) is 32.1 Å². The third-order valence-corrected chi connectivity index (χ3v) is 5.38. The molecule has 2 bridgehead atoms. The molecular formula is C15H25N3O2. The van der Waals surface area contributed by atoms with Crippen LogP contribution in [0.2, 0.25) is 0 Å². The largest absolute Gasteiger partial charge is 0.355 e. The zero-order chi connectivity index (χ0) is 14.1. The highest BCUT2D eigenvalue weighted by molar-refractivity contribution is 5.81. The van der Waals surface area contributed by atoms with Crippen LogP contribution in [0.15, 0.2) is 0 Å². The maximum atomic E-state index is 12.2. The standard InChI is InChI=1S/C15H25N3O2/c16-14-11-4-3-10(9-11)13(14)15(20)17-6-5-12(19)18-7-1-2-8-18/h10-11,13-14H,1-9,16H2,(H,17,20). The quantitative estimate of drug-likeness (QED) is 0.786. The minimum absolute atomic E-state index is 0.0179. The van der Waals surface area contributed by atoms with Crippen LogP contribution in [-0.4, -0.2) is 42.4 Å². The minimum atomic E-state index is -0.0179. The number of nitrogens with two attached hydrogens (primary N) is 1. The fourth-order valence-corrected chi connectivity index (χ4v) is 4.26. The first-order valence-corrected chi connectivity index (χ1v) is 7.98. The number of hydrogen-bond donors (Lipinski definition) is 2. The third kappa shape index (κ3) is 2.55. The first-order valence-electron chi connectivity index (χ1n) is 7.98. The van der Waals surface area contributed by atoms with Gasteiger partial charge in [0.25, 0.3) is 0 Å². The van der Waals surface area contributed by atoms with Crippen LogP contribution in [0.3, 0.4) is 0 Å². The van der Waals surface area contributed by atoms with Gasteiger partial charge in [0.05, 0.1) is 5.92 Å². The molecule has 5 heteroatoms. The number of nitrogens with zero attached hydrogens (tertiary/aromatic N) is 1. The first kappa shape index (κ1) is 13.9. The van der Waals surface area contributed by atoms with Crippen LogP contribution in [-0.2, 0) is 9.59 Å². The van der Waals surface area contributed by atoms with Gasteiger partial charge in [0.1, 0.15) is 0 Å². The number of amides is 2. The van der Waals surface area contributed by atoms with E-state index in [9.17, 15) is 9.59 Å². The lowest BCUT2D eigenvalue weighted by atomic mass is 9.84. The van der Waals surface area contributed by atoms with Crippen molar-refractivity contribution < 1.29 is 9.59 Å². The number of nitrogens with one attached hydrogen (secondary N) is 1. The summed E-state index contributed by atoms with van der Waals surface area (Å²) in [5.74, 6) is 1.24. The average Bonchev–Trinajstić information content (AvgIpc) is 3.15. The fraction of sp³-hybridized carbons (Fsp3) is 0.867. The molecule has 3 aliphatic rings. The van der Waals surface area contributed by atoms with E-state index in [2.05, 4.69) is 5.32 Å². The molecule has 3 rings (SSSR count). The highest BCUT2D eigenvalue weighted by Gasteiger charge is 2.48. The number of hydrogen-bond acceptors (Lipinski definition) is 3. The molecular weight excluding hydrogens is 254 g/mol. The van der Waals surface area contributed by atoms with Crippen molar-refractivity contribution in [1.82, 2.24) is 10.2 Å². The normalized spacial score (nSPS) is 35.5.